The molecule has 3 unspecified atom stereocenters. The van der Waals surface area contributed by atoms with E-state index in [-0.39, 0.29) is 42.1 Å². The van der Waals surface area contributed by atoms with Crippen LogP contribution in [0.3, 0.4) is 0 Å². The fraction of sp³-hybridized carbons (Fsp3) is 0.655. The van der Waals surface area contributed by atoms with Crippen LogP contribution in [0.5, 0.6) is 0 Å². The number of fused-ring (bicyclic) bond motifs is 1. The molecule has 3 atom stereocenters. The topological polar surface area (TPSA) is 109 Å². The Labute approximate surface area is 236 Å². The molecule has 4 fully saturated rings. The van der Waals surface area contributed by atoms with Crippen LogP contribution in [-0.2, 0) is 9.59 Å². The lowest BCUT2D eigenvalue weighted by molar-refractivity contribution is -0.137. The largest absolute Gasteiger partial charge is 0.369 e. The van der Waals surface area contributed by atoms with Gasteiger partial charge in [0.15, 0.2) is 5.78 Å². The molecule has 4 amide bonds. The minimum atomic E-state index is -0.528. The number of likely N-dealkylation sites (tertiary alicyclic amines) is 2. The van der Waals surface area contributed by atoms with Crippen molar-refractivity contribution in [3.63, 3.8) is 0 Å². The summed E-state index contributed by atoms with van der Waals surface area (Å²) in [6.45, 7) is 9.89. The molecule has 0 radical (unpaired) electrons. The molecule has 1 aromatic rings. The smallest absolute Gasteiger partial charge is 0.320 e. The van der Waals surface area contributed by atoms with E-state index in [2.05, 4.69) is 20.4 Å². The second-order valence-electron chi connectivity index (χ2n) is 11.7. The average molecular weight is 554 g/mol. The first-order valence-electron chi connectivity index (χ1n) is 14.7. The van der Waals surface area contributed by atoms with Crippen molar-refractivity contribution in [3.8, 4) is 0 Å². The third kappa shape index (κ3) is 6.25. The highest BCUT2D eigenvalue weighted by Gasteiger charge is 2.52. The lowest BCUT2D eigenvalue weighted by Gasteiger charge is -2.36. The normalized spacial score (nSPS) is 24.3. The van der Waals surface area contributed by atoms with E-state index >= 15 is 0 Å². The van der Waals surface area contributed by atoms with Gasteiger partial charge in [0.05, 0.1) is 12.6 Å². The maximum absolute atomic E-state index is 13.2. The number of carbonyl (C=O) groups is 4. The summed E-state index contributed by atoms with van der Waals surface area (Å²) in [6, 6.07) is 6.88. The first-order chi connectivity index (χ1) is 19.3. The monoisotopic (exact) mass is 553 g/mol. The number of hydrogen-bond donors (Lipinski definition) is 2. The van der Waals surface area contributed by atoms with Gasteiger partial charge in [0.25, 0.3) is 5.91 Å². The summed E-state index contributed by atoms with van der Waals surface area (Å²) in [6.07, 6.45) is 1.62. The van der Waals surface area contributed by atoms with Crippen molar-refractivity contribution in [1.82, 2.24) is 30.2 Å². The maximum atomic E-state index is 13.2. The van der Waals surface area contributed by atoms with Gasteiger partial charge in [-0.1, -0.05) is 6.92 Å². The van der Waals surface area contributed by atoms with Gasteiger partial charge in [0.1, 0.15) is 6.04 Å². The lowest BCUT2D eigenvalue weighted by atomic mass is 10.0. The van der Waals surface area contributed by atoms with Crippen molar-refractivity contribution in [2.24, 2.45) is 5.92 Å². The van der Waals surface area contributed by atoms with Crippen LogP contribution in [0.15, 0.2) is 24.3 Å². The van der Waals surface area contributed by atoms with Gasteiger partial charge < -0.3 is 35.1 Å². The number of nitrogens with one attached hydrogen (secondary N) is 2. The van der Waals surface area contributed by atoms with Crippen molar-refractivity contribution in [3.05, 3.63) is 29.8 Å². The van der Waals surface area contributed by atoms with Gasteiger partial charge in [0, 0.05) is 83.1 Å². The Morgan fingerprint density at radius 1 is 0.975 bits per heavy atom. The SMILES string of the molecule is CC(CCNC(=O)c1ccc(N2CCNCC2)cc1)CC(=O)N1CCC2C1C(=O)CN2C(=O)N1CCN(C)CC1. The van der Waals surface area contributed by atoms with Gasteiger partial charge in [-0.05, 0) is 50.1 Å². The second kappa shape index (κ2) is 12.6. The molecule has 4 aliphatic heterocycles. The van der Waals surface area contributed by atoms with E-state index in [1.54, 1.807) is 9.80 Å². The van der Waals surface area contributed by atoms with E-state index in [0.29, 0.717) is 51.0 Å². The van der Waals surface area contributed by atoms with Gasteiger partial charge in [0.2, 0.25) is 5.91 Å². The number of carbonyl (C=O) groups excluding carboxylic acids is 4. The highest BCUT2D eigenvalue weighted by Crippen LogP contribution is 2.31. The number of amides is 4. The summed E-state index contributed by atoms with van der Waals surface area (Å²) >= 11 is 0. The molecule has 4 aliphatic rings. The predicted octanol–water partition coefficient (Wildman–Crippen LogP) is 0.464. The van der Waals surface area contributed by atoms with E-state index in [1.807, 2.05) is 43.1 Å². The van der Waals surface area contributed by atoms with Crippen molar-refractivity contribution in [2.45, 2.75) is 38.3 Å². The van der Waals surface area contributed by atoms with Crippen LogP contribution in [0.2, 0.25) is 0 Å². The number of likely N-dealkylation sites (N-methyl/N-ethyl adjacent to an activating group) is 1. The highest BCUT2D eigenvalue weighted by molar-refractivity contribution is 5.97. The van der Waals surface area contributed by atoms with E-state index in [1.165, 1.54) is 0 Å². The summed E-state index contributed by atoms with van der Waals surface area (Å²) in [5.74, 6) is -0.144. The molecule has 4 heterocycles. The number of ketones is 1. The van der Waals surface area contributed by atoms with Gasteiger partial charge in [-0.2, -0.15) is 0 Å². The van der Waals surface area contributed by atoms with Crippen molar-refractivity contribution in [1.29, 1.82) is 0 Å². The quantitative estimate of drug-likeness (QED) is 0.505. The van der Waals surface area contributed by atoms with Crippen LogP contribution >= 0.6 is 0 Å². The van der Waals surface area contributed by atoms with Crippen molar-refractivity contribution in [2.75, 3.05) is 83.9 Å². The molecule has 0 bridgehead atoms. The summed E-state index contributed by atoms with van der Waals surface area (Å²) in [5, 5.41) is 6.32. The minimum Gasteiger partial charge on any atom is -0.369 e. The Kier molecular flexibility index (Phi) is 8.90. The number of nitrogens with zero attached hydrogens (tertiary/aromatic N) is 5. The zero-order valence-corrected chi connectivity index (χ0v) is 23.8. The van der Waals surface area contributed by atoms with Crippen molar-refractivity contribution < 1.29 is 19.2 Å². The number of Topliss-reactive ketones (excluding diaryl/α,β-unsaturated/α-hetero) is 1. The third-order valence-electron chi connectivity index (χ3n) is 8.82. The Balaban J connectivity index is 1.06. The van der Waals surface area contributed by atoms with Gasteiger partial charge in [-0.3, -0.25) is 14.4 Å². The predicted molar refractivity (Wildman–Crippen MR) is 152 cm³/mol. The molecule has 11 nitrogen and oxygen atoms in total. The Bertz CT molecular complexity index is 1080. The third-order valence-corrected chi connectivity index (χ3v) is 8.82. The lowest BCUT2D eigenvalue weighted by Crippen LogP contribution is -2.53. The van der Waals surface area contributed by atoms with E-state index < -0.39 is 6.04 Å². The number of rotatable bonds is 7. The van der Waals surface area contributed by atoms with E-state index in [0.717, 1.165) is 45.0 Å². The molecule has 1 aromatic carbocycles. The molecule has 5 rings (SSSR count). The second-order valence-corrected chi connectivity index (χ2v) is 11.7. The minimum absolute atomic E-state index is 0.0405. The average Bonchev–Trinajstić information content (AvgIpc) is 3.55. The molecular formula is C29H43N7O4. The Hall–Kier alpha value is -3.18. The molecule has 0 saturated carbocycles. The van der Waals surface area contributed by atoms with Crippen LogP contribution in [0.4, 0.5) is 10.5 Å². The van der Waals surface area contributed by atoms with Crippen LogP contribution in [0.25, 0.3) is 0 Å². The molecule has 0 aliphatic carbocycles. The first-order valence-corrected chi connectivity index (χ1v) is 14.7. The fourth-order valence-corrected chi connectivity index (χ4v) is 6.34. The molecule has 0 spiro atoms. The van der Waals surface area contributed by atoms with Gasteiger partial charge >= 0.3 is 6.03 Å². The summed E-state index contributed by atoms with van der Waals surface area (Å²) in [7, 11) is 2.04. The number of anilines is 1. The number of benzene rings is 1. The van der Waals surface area contributed by atoms with Crippen LogP contribution < -0.4 is 15.5 Å². The summed E-state index contributed by atoms with van der Waals surface area (Å²) in [5.41, 5.74) is 1.75. The molecule has 11 heteroatoms. The molecule has 2 N–H and O–H groups in total. The van der Waals surface area contributed by atoms with Crippen LogP contribution in [-0.4, -0.2) is 134 Å². The molecule has 218 valence electrons. The van der Waals surface area contributed by atoms with Gasteiger partial charge in [-0.15, -0.1) is 0 Å². The maximum Gasteiger partial charge on any atom is 0.320 e. The van der Waals surface area contributed by atoms with Crippen LogP contribution in [0.1, 0.15) is 36.5 Å². The Morgan fingerprint density at radius 3 is 2.38 bits per heavy atom. The number of piperazine rings is 2. The van der Waals surface area contributed by atoms with Gasteiger partial charge in [-0.25, -0.2) is 4.79 Å². The molecule has 0 aromatic heterocycles. The molecule has 40 heavy (non-hydrogen) atoms. The van der Waals surface area contributed by atoms with Crippen molar-refractivity contribution >= 4 is 29.3 Å². The Morgan fingerprint density at radius 2 is 1.68 bits per heavy atom. The summed E-state index contributed by atoms with van der Waals surface area (Å²) < 4.78 is 0. The standard InChI is InChI=1S/C29H43N7O4/c1-21(7-9-31-28(39)22-3-5-23(6-4-22)33-13-10-30-11-14-33)19-26(38)35-12-8-24-27(35)25(37)20-36(24)29(40)34-17-15-32(2)16-18-34/h3-6,21,24,27,30H,7-20H2,1-2H3,(H,31,39). The number of hydrogen-bond acceptors (Lipinski definition) is 7. The molecule has 4 saturated heterocycles. The first kappa shape index (κ1) is 28.4. The number of urea groups is 1. The van der Waals surface area contributed by atoms with E-state index in [9.17, 15) is 19.2 Å². The zero-order chi connectivity index (χ0) is 28.2. The highest BCUT2D eigenvalue weighted by atomic mass is 16.2. The zero-order valence-electron chi connectivity index (χ0n) is 23.8. The molecular weight excluding hydrogens is 510 g/mol. The fourth-order valence-electron chi connectivity index (χ4n) is 6.34. The van der Waals surface area contributed by atoms with Crippen LogP contribution in [0, 0.1) is 5.92 Å². The summed E-state index contributed by atoms with van der Waals surface area (Å²) in [4.78, 5) is 61.6. The van der Waals surface area contributed by atoms with E-state index in [4.69, 9.17) is 0 Å².